The number of halogens is 1. The van der Waals surface area contributed by atoms with Gasteiger partial charge in [0.2, 0.25) is 0 Å². The Hall–Kier alpha value is -4.55. The van der Waals surface area contributed by atoms with Crippen LogP contribution < -0.4 is 5.73 Å². The van der Waals surface area contributed by atoms with E-state index >= 15 is 4.79 Å². The fourth-order valence-corrected chi connectivity index (χ4v) is 8.46. The van der Waals surface area contributed by atoms with Gasteiger partial charge in [0.25, 0.3) is 0 Å². The summed E-state index contributed by atoms with van der Waals surface area (Å²) in [5.41, 5.74) is 11.0. The molecule has 9 nitrogen and oxygen atoms in total. The lowest BCUT2D eigenvalue weighted by atomic mass is 9.91. The number of nitrogens with zero attached hydrogens (tertiary/aromatic N) is 4. The predicted molar refractivity (Wildman–Crippen MR) is 213 cm³/mol. The number of nitrogen functional groups attached to an aromatic ring is 1. The van der Waals surface area contributed by atoms with Crippen LogP contribution in [-0.4, -0.2) is 70.4 Å². The van der Waals surface area contributed by atoms with Crippen molar-refractivity contribution in [3.05, 3.63) is 131 Å². The lowest BCUT2D eigenvalue weighted by molar-refractivity contribution is -0.157. The van der Waals surface area contributed by atoms with E-state index in [1.807, 2.05) is 70.9 Å². The van der Waals surface area contributed by atoms with E-state index < -0.39 is 37.9 Å². The normalized spacial score (nSPS) is 21.4. The van der Waals surface area contributed by atoms with Gasteiger partial charge in [0.15, 0.2) is 5.79 Å². The molecule has 4 aromatic carbocycles. The number of urea groups is 1. The van der Waals surface area contributed by atoms with Gasteiger partial charge in [-0.3, -0.25) is 0 Å². The summed E-state index contributed by atoms with van der Waals surface area (Å²) in [6, 6.07) is 31.5. The number of aromatic nitrogens is 2. The summed E-state index contributed by atoms with van der Waals surface area (Å²) < 4.78 is 35.9. The van der Waals surface area contributed by atoms with Gasteiger partial charge in [-0.05, 0) is 79.3 Å². The summed E-state index contributed by atoms with van der Waals surface area (Å²) in [5, 5.41) is 5.62. The first-order valence-corrected chi connectivity index (χ1v) is 22.6. The Bertz CT molecular complexity index is 2050. The van der Waals surface area contributed by atoms with E-state index in [1.54, 1.807) is 12.1 Å². The van der Waals surface area contributed by atoms with Crippen LogP contribution in [0.3, 0.4) is 0 Å². The first-order chi connectivity index (χ1) is 25.8. The van der Waals surface area contributed by atoms with Gasteiger partial charge in [0.05, 0.1) is 29.5 Å². The SMILES string of the molecule is CC1(C)O[C@@H]2[C@@H](O1)[C@@H](Cc1ccccc1)N(Cc1ccc3c(cnn3COCC[Si](C)(C)C)c1)C(=O)N(Cc1ccc(F)c(N)c1)[C@@H]2Cc1ccccc1. The molecule has 0 aliphatic carbocycles. The van der Waals surface area contributed by atoms with Crippen molar-refractivity contribution < 1.29 is 23.4 Å². The maximum Gasteiger partial charge on any atom is 0.321 e. The number of rotatable bonds is 13. The average molecular weight is 750 g/mol. The van der Waals surface area contributed by atoms with Crippen molar-refractivity contribution in [2.24, 2.45) is 0 Å². The third-order valence-corrected chi connectivity index (χ3v) is 12.2. The van der Waals surface area contributed by atoms with Crippen molar-refractivity contribution in [2.45, 2.75) is 102 Å². The molecule has 54 heavy (non-hydrogen) atoms. The van der Waals surface area contributed by atoms with Crippen LogP contribution in [0.1, 0.15) is 36.1 Å². The van der Waals surface area contributed by atoms with Crippen molar-refractivity contribution in [2.75, 3.05) is 12.3 Å². The Kier molecular flexibility index (Phi) is 10.9. The molecule has 0 bridgehead atoms. The molecule has 0 spiro atoms. The molecule has 5 aromatic rings. The molecular weight excluding hydrogens is 698 g/mol. The smallest absolute Gasteiger partial charge is 0.321 e. The first-order valence-electron chi connectivity index (χ1n) is 18.9. The molecule has 2 amide bonds. The molecule has 11 heteroatoms. The summed E-state index contributed by atoms with van der Waals surface area (Å²) in [7, 11) is -1.20. The molecule has 4 atom stereocenters. The molecule has 2 N–H and O–H groups in total. The Balaban J connectivity index is 1.28. The van der Waals surface area contributed by atoms with Crippen molar-refractivity contribution in [3.8, 4) is 0 Å². The van der Waals surface area contributed by atoms with E-state index in [9.17, 15) is 4.39 Å². The van der Waals surface area contributed by atoms with Crippen LogP contribution in [0.5, 0.6) is 0 Å². The highest BCUT2D eigenvalue weighted by molar-refractivity contribution is 6.76. The van der Waals surface area contributed by atoms with Gasteiger partial charge in [0, 0.05) is 33.2 Å². The monoisotopic (exact) mass is 749 g/mol. The highest BCUT2D eigenvalue weighted by Crippen LogP contribution is 2.40. The fourth-order valence-electron chi connectivity index (χ4n) is 7.70. The molecule has 2 aliphatic rings. The van der Waals surface area contributed by atoms with Crippen LogP contribution in [0.2, 0.25) is 25.7 Å². The quantitative estimate of drug-likeness (QED) is 0.0741. The third-order valence-electron chi connectivity index (χ3n) is 10.5. The van der Waals surface area contributed by atoms with E-state index in [1.165, 1.54) is 6.07 Å². The number of anilines is 1. The van der Waals surface area contributed by atoms with E-state index in [2.05, 4.69) is 67.2 Å². The minimum Gasteiger partial charge on any atom is -0.396 e. The molecule has 1 aromatic heterocycles. The number of nitrogens with two attached hydrogens (primary N) is 1. The van der Waals surface area contributed by atoms with Gasteiger partial charge in [-0.2, -0.15) is 5.10 Å². The van der Waals surface area contributed by atoms with Crippen LogP contribution in [-0.2, 0) is 46.9 Å². The van der Waals surface area contributed by atoms with E-state index in [4.69, 9.17) is 19.9 Å². The van der Waals surface area contributed by atoms with E-state index in [0.717, 1.165) is 39.2 Å². The number of fused-ring (bicyclic) bond motifs is 2. The largest absolute Gasteiger partial charge is 0.396 e. The Morgan fingerprint density at radius 2 is 1.35 bits per heavy atom. The number of amides is 2. The molecule has 2 fully saturated rings. The minimum absolute atomic E-state index is 0.0444. The number of hydrogen-bond donors (Lipinski definition) is 1. The molecule has 0 radical (unpaired) electrons. The second-order valence-corrected chi connectivity index (χ2v) is 22.0. The molecule has 2 aliphatic heterocycles. The van der Waals surface area contributed by atoms with Crippen LogP contribution in [0.4, 0.5) is 14.9 Å². The van der Waals surface area contributed by atoms with Crippen molar-refractivity contribution in [3.63, 3.8) is 0 Å². The molecular formula is C43H52FN5O4Si. The second kappa shape index (κ2) is 15.7. The fraction of sp³-hybridized carbons (Fsp3) is 0.395. The van der Waals surface area contributed by atoms with Crippen molar-refractivity contribution in [1.29, 1.82) is 0 Å². The van der Waals surface area contributed by atoms with Crippen LogP contribution in [0.15, 0.2) is 103 Å². The topological polar surface area (TPSA) is 95.1 Å². The first kappa shape index (κ1) is 37.7. The number of hydrogen-bond acceptors (Lipinski definition) is 6. The van der Waals surface area contributed by atoms with Gasteiger partial charge in [0.1, 0.15) is 24.8 Å². The molecule has 0 unspecified atom stereocenters. The lowest BCUT2D eigenvalue weighted by Gasteiger charge is -2.37. The van der Waals surface area contributed by atoms with E-state index in [0.29, 0.717) is 32.7 Å². The van der Waals surface area contributed by atoms with Crippen molar-refractivity contribution in [1.82, 2.24) is 19.6 Å². The predicted octanol–water partition coefficient (Wildman–Crippen LogP) is 8.25. The number of benzene rings is 4. The maximum atomic E-state index is 15.4. The highest BCUT2D eigenvalue weighted by Gasteiger charge is 2.55. The zero-order chi connectivity index (χ0) is 38.0. The third kappa shape index (κ3) is 8.70. The van der Waals surface area contributed by atoms with Gasteiger partial charge in [-0.25, -0.2) is 13.9 Å². The van der Waals surface area contributed by atoms with Crippen LogP contribution in [0, 0.1) is 5.82 Å². The summed E-state index contributed by atoms with van der Waals surface area (Å²) in [6.07, 6.45) is 2.07. The standard InChI is InChI=1S/C43H52FN5O4Si/c1-43(2)52-40-38(24-30-12-8-6-9-13-30)47(27-32-17-19-37-34(22-32)26-46-49(37)29-51-20-21-54(3,4)5)42(50)48(28-33-16-18-35(44)36(45)23-33)39(41(40)53-43)25-31-14-10-7-11-15-31/h6-19,22-23,26,38-41H,20-21,24-25,27-29,45H2,1-5H3/t38-,39-,40+,41+/m1/s1. The molecule has 284 valence electrons. The lowest BCUT2D eigenvalue weighted by Crippen LogP contribution is -2.51. The second-order valence-electron chi connectivity index (χ2n) is 16.4. The zero-order valence-electron chi connectivity index (χ0n) is 32.0. The van der Waals surface area contributed by atoms with Crippen molar-refractivity contribution >= 4 is 30.7 Å². The summed E-state index contributed by atoms with van der Waals surface area (Å²) >= 11 is 0. The average Bonchev–Trinajstić information content (AvgIpc) is 3.68. The van der Waals surface area contributed by atoms with Crippen LogP contribution >= 0.6 is 0 Å². The Morgan fingerprint density at radius 1 is 0.796 bits per heavy atom. The maximum absolute atomic E-state index is 15.4. The number of carbonyl (C=O) groups is 1. The molecule has 7 rings (SSSR count). The summed E-state index contributed by atoms with van der Waals surface area (Å²) in [6.45, 7) is 12.6. The number of ether oxygens (including phenoxy) is 3. The minimum atomic E-state index is -1.20. The highest BCUT2D eigenvalue weighted by atomic mass is 28.3. The summed E-state index contributed by atoms with van der Waals surface area (Å²) in [4.78, 5) is 19.2. The Morgan fingerprint density at radius 3 is 1.91 bits per heavy atom. The molecule has 2 saturated heterocycles. The van der Waals surface area contributed by atoms with Gasteiger partial charge in [-0.1, -0.05) is 92.4 Å². The Labute approximate surface area is 318 Å². The van der Waals surface area contributed by atoms with Gasteiger partial charge >= 0.3 is 6.03 Å². The summed E-state index contributed by atoms with van der Waals surface area (Å²) in [5.74, 6) is -1.38. The number of carbonyl (C=O) groups excluding carboxylic acids is 1. The molecule has 3 heterocycles. The van der Waals surface area contributed by atoms with Crippen LogP contribution in [0.25, 0.3) is 10.9 Å². The molecule has 0 saturated carbocycles. The van der Waals surface area contributed by atoms with E-state index in [-0.39, 0.29) is 24.3 Å². The van der Waals surface area contributed by atoms with Gasteiger partial charge < -0.3 is 29.7 Å². The van der Waals surface area contributed by atoms with Gasteiger partial charge in [-0.15, -0.1) is 0 Å². The zero-order valence-corrected chi connectivity index (χ0v) is 33.0.